The zero-order valence-electron chi connectivity index (χ0n) is 10.2. The van der Waals surface area contributed by atoms with E-state index in [1.54, 1.807) is 0 Å². The van der Waals surface area contributed by atoms with Gasteiger partial charge in [-0.05, 0) is 43.9 Å². The fourth-order valence-electron chi connectivity index (χ4n) is 2.39. The summed E-state index contributed by atoms with van der Waals surface area (Å²) in [5.41, 5.74) is 3.77. The van der Waals surface area contributed by atoms with Crippen molar-refractivity contribution in [1.82, 2.24) is 0 Å². The normalized spacial score (nSPS) is 25.4. The second-order valence-electron chi connectivity index (χ2n) is 4.85. The van der Waals surface area contributed by atoms with Gasteiger partial charge in [-0.3, -0.25) is 0 Å². The molecule has 1 fully saturated rings. The van der Waals surface area contributed by atoms with Gasteiger partial charge in [-0.15, -0.1) is 0 Å². The van der Waals surface area contributed by atoms with Crippen LogP contribution >= 0.6 is 0 Å². The average Bonchev–Trinajstić information content (AvgIpc) is 2.28. The molecule has 0 saturated heterocycles. The Morgan fingerprint density at radius 1 is 1.19 bits per heavy atom. The molecule has 1 aromatic rings. The molecule has 0 aromatic heterocycles. The first-order valence-electron chi connectivity index (χ1n) is 6.19. The second-order valence-corrected chi connectivity index (χ2v) is 4.85. The Kier molecular flexibility index (Phi) is 3.49. The lowest BCUT2D eigenvalue weighted by atomic mass is 9.92. The van der Waals surface area contributed by atoms with Crippen molar-refractivity contribution in [3.8, 4) is 0 Å². The van der Waals surface area contributed by atoms with Gasteiger partial charge in [0.15, 0.2) is 0 Å². The molecule has 0 amide bonds. The molecule has 2 nitrogen and oxygen atoms in total. The van der Waals surface area contributed by atoms with Gasteiger partial charge in [0, 0.05) is 5.69 Å². The fraction of sp³-hybridized carbons (Fsp3) is 0.571. The highest BCUT2D eigenvalue weighted by Crippen LogP contribution is 2.25. The highest BCUT2D eigenvalue weighted by molar-refractivity contribution is 5.54. The van der Waals surface area contributed by atoms with Crippen LogP contribution in [0.2, 0.25) is 0 Å². The van der Waals surface area contributed by atoms with Gasteiger partial charge in [-0.25, -0.2) is 0 Å². The molecule has 88 valence electrons. The first-order valence-corrected chi connectivity index (χ1v) is 6.19. The predicted octanol–water partition coefficient (Wildman–Crippen LogP) is 3.02. The molecule has 1 aromatic carbocycles. The Bertz CT molecular complexity index is 362. The summed E-state index contributed by atoms with van der Waals surface area (Å²) in [6, 6.07) is 6.52. The SMILES string of the molecule is Cc1cccc(NC2CCCCC2O)c1C. The molecule has 0 heterocycles. The van der Waals surface area contributed by atoms with Gasteiger partial charge in [-0.1, -0.05) is 25.0 Å². The number of rotatable bonds is 2. The van der Waals surface area contributed by atoms with E-state index in [9.17, 15) is 5.11 Å². The summed E-state index contributed by atoms with van der Waals surface area (Å²) in [5, 5.41) is 13.4. The molecule has 0 aliphatic heterocycles. The Morgan fingerprint density at radius 3 is 2.69 bits per heavy atom. The molecule has 2 atom stereocenters. The van der Waals surface area contributed by atoms with Crippen LogP contribution < -0.4 is 5.32 Å². The van der Waals surface area contributed by atoms with E-state index in [1.165, 1.54) is 23.2 Å². The third-order valence-corrected chi connectivity index (χ3v) is 3.68. The number of aryl methyl sites for hydroxylation is 1. The maximum absolute atomic E-state index is 9.93. The summed E-state index contributed by atoms with van der Waals surface area (Å²) in [5.74, 6) is 0. The van der Waals surface area contributed by atoms with Crippen LogP contribution in [0.15, 0.2) is 18.2 Å². The summed E-state index contributed by atoms with van der Waals surface area (Å²) in [6.45, 7) is 4.25. The zero-order valence-corrected chi connectivity index (χ0v) is 10.2. The molecule has 2 N–H and O–H groups in total. The monoisotopic (exact) mass is 219 g/mol. The van der Waals surface area contributed by atoms with E-state index in [0.717, 1.165) is 19.3 Å². The van der Waals surface area contributed by atoms with Crippen molar-refractivity contribution in [3.63, 3.8) is 0 Å². The molecule has 0 bridgehead atoms. The number of anilines is 1. The van der Waals surface area contributed by atoms with Crippen molar-refractivity contribution in [2.45, 2.75) is 51.7 Å². The maximum atomic E-state index is 9.93. The Labute approximate surface area is 97.7 Å². The number of benzene rings is 1. The van der Waals surface area contributed by atoms with Gasteiger partial charge >= 0.3 is 0 Å². The summed E-state index contributed by atoms with van der Waals surface area (Å²) in [7, 11) is 0. The number of aliphatic hydroxyl groups excluding tert-OH is 1. The molecule has 2 heteroatoms. The van der Waals surface area contributed by atoms with Gasteiger partial charge < -0.3 is 10.4 Å². The molecule has 1 aliphatic rings. The van der Waals surface area contributed by atoms with Gasteiger partial charge in [-0.2, -0.15) is 0 Å². The molecule has 2 unspecified atom stereocenters. The topological polar surface area (TPSA) is 32.3 Å². The smallest absolute Gasteiger partial charge is 0.0741 e. The zero-order chi connectivity index (χ0) is 11.5. The van der Waals surface area contributed by atoms with Crippen LogP contribution in [-0.4, -0.2) is 17.3 Å². The number of aliphatic hydroxyl groups is 1. The van der Waals surface area contributed by atoms with Crippen molar-refractivity contribution in [2.75, 3.05) is 5.32 Å². The molecular formula is C14H21NO. The van der Waals surface area contributed by atoms with Crippen molar-refractivity contribution in [2.24, 2.45) is 0 Å². The largest absolute Gasteiger partial charge is 0.391 e. The van der Waals surface area contributed by atoms with E-state index in [0.29, 0.717) is 0 Å². The molecule has 16 heavy (non-hydrogen) atoms. The Morgan fingerprint density at radius 2 is 1.94 bits per heavy atom. The van der Waals surface area contributed by atoms with Crippen molar-refractivity contribution >= 4 is 5.69 Å². The van der Waals surface area contributed by atoms with Crippen LogP contribution in [0, 0.1) is 13.8 Å². The van der Waals surface area contributed by atoms with E-state index in [4.69, 9.17) is 0 Å². The first-order chi connectivity index (χ1) is 7.68. The van der Waals surface area contributed by atoms with Crippen molar-refractivity contribution in [3.05, 3.63) is 29.3 Å². The fourth-order valence-corrected chi connectivity index (χ4v) is 2.39. The first kappa shape index (κ1) is 11.5. The second kappa shape index (κ2) is 4.88. The lowest BCUT2D eigenvalue weighted by Gasteiger charge is -2.30. The van der Waals surface area contributed by atoms with Crippen molar-refractivity contribution < 1.29 is 5.11 Å². The van der Waals surface area contributed by atoms with Crippen molar-refractivity contribution in [1.29, 1.82) is 0 Å². The number of hydrogen-bond acceptors (Lipinski definition) is 2. The number of nitrogens with one attached hydrogen (secondary N) is 1. The summed E-state index contributed by atoms with van der Waals surface area (Å²) in [6.07, 6.45) is 4.21. The summed E-state index contributed by atoms with van der Waals surface area (Å²) < 4.78 is 0. The summed E-state index contributed by atoms with van der Waals surface area (Å²) in [4.78, 5) is 0. The number of hydrogen-bond donors (Lipinski definition) is 2. The van der Waals surface area contributed by atoms with Crippen LogP contribution in [0.1, 0.15) is 36.8 Å². The minimum absolute atomic E-state index is 0.186. The van der Waals surface area contributed by atoms with Crippen LogP contribution in [0.5, 0.6) is 0 Å². The lowest BCUT2D eigenvalue weighted by molar-refractivity contribution is 0.116. The molecule has 1 saturated carbocycles. The lowest BCUT2D eigenvalue weighted by Crippen LogP contribution is -2.36. The molecular weight excluding hydrogens is 198 g/mol. The van der Waals surface area contributed by atoms with E-state index >= 15 is 0 Å². The van der Waals surface area contributed by atoms with E-state index in [2.05, 4.69) is 37.4 Å². The highest BCUT2D eigenvalue weighted by atomic mass is 16.3. The maximum Gasteiger partial charge on any atom is 0.0741 e. The highest BCUT2D eigenvalue weighted by Gasteiger charge is 2.22. The molecule has 0 spiro atoms. The third-order valence-electron chi connectivity index (χ3n) is 3.68. The van der Waals surface area contributed by atoms with Crippen LogP contribution in [0.3, 0.4) is 0 Å². The predicted molar refractivity (Wildman–Crippen MR) is 67.8 cm³/mol. The van der Waals surface area contributed by atoms with Crippen LogP contribution in [0.4, 0.5) is 5.69 Å². The molecule has 2 rings (SSSR count). The van der Waals surface area contributed by atoms with Gasteiger partial charge in [0.1, 0.15) is 0 Å². The Hall–Kier alpha value is -1.02. The van der Waals surface area contributed by atoms with Gasteiger partial charge in [0.05, 0.1) is 12.1 Å². The van der Waals surface area contributed by atoms with Gasteiger partial charge in [0.2, 0.25) is 0 Å². The van der Waals surface area contributed by atoms with Crippen LogP contribution in [-0.2, 0) is 0 Å². The quantitative estimate of drug-likeness (QED) is 0.801. The van der Waals surface area contributed by atoms with E-state index in [1.807, 2.05) is 0 Å². The van der Waals surface area contributed by atoms with Crippen LogP contribution in [0.25, 0.3) is 0 Å². The minimum Gasteiger partial charge on any atom is -0.391 e. The third kappa shape index (κ3) is 2.38. The standard InChI is InChI=1S/C14H21NO/c1-10-6-5-8-12(11(10)2)15-13-7-3-4-9-14(13)16/h5-6,8,13-16H,3-4,7,9H2,1-2H3. The summed E-state index contributed by atoms with van der Waals surface area (Å²) >= 11 is 0. The average molecular weight is 219 g/mol. The molecule has 1 aliphatic carbocycles. The van der Waals surface area contributed by atoms with Gasteiger partial charge in [0.25, 0.3) is 0 Å². The minimum atomic E-state index is -0.186. The molecule has 0 radical (unpaired) electrons. The Balaban J connectivity index is 2.10. The van der Waals surface area contributed by atoms with E-state index < -0.39 is 0 Å². The van der Waals surface area contributed by atoms with E-state index in [-0.39, 0.29) is 12.1 Å².